The second-order valence-electron chi connectivity index (χ2n) is 5.43. The van der Waals surface area contributed by atoms with Crippen LogP contribution in [0.4, 0.5) is 0 Å². The van der Waals surface area contributed by atoms with Gasteiger partial charge >= 0.3 is 0 Å². The lowest BCUT2D eigenvalue weighted by molar-refractivity contribution is 0.197. The van der Waals surface area contributed by atoms with Crippen LogP contribution in [0.25, 0.3) is 6.08 Å². The standard InChI is InChI=1S/C14H22N2O2/c1-10(12(17)9-15-14(3,4)5)6-7-13-11(2)8-16-18-13/h6-8,12,15,17H,1,9H2,2-5H3/b7-6-/t12-/m0/s1. The molecule has 4 nitrogen and oxygen atoms in total. The number of nitrogens with one attached hydrogen (secondary N) is 1. The molecule has 0 radical (unpaired) electrons. The van der Waals surface area contributed by atoms with E-state index in [1.807, 2.05) is 6.92 Å². The molecule has 1 aromatic heterocycles. The Morgan fingerprint density at radius 3 is 2.78 bits per heavy atom. The van der Waals surface area contributed by atoms with Gasteiger partial charge < -0.3 is 14.9 Å². The van der Waals surface area contributed by atoms with E-state index in [0.717, 1.165) is 5.56 Å². The highest BCUT2D eigenvalue weighted by Gasteiger charge is 2.13. The summed E-state index contributed by atoms with van der Waals surface area (Å²) in [5.74, 6) is 0.687. The largest absolute Gasteiger partial charge is 0.387 e. The summed E-state index contributed by atoms with van der Waals surface area (Å²) in [6.07, 6.45) is 4.57. The minimum Gasteiger partial charge on any atom is -0.387 e. The maximum absolute atomic E-state index is 9.92. The van der Waals surface area contributed by atoms with Crippen molar-refractivity contribution in [3.8, 4) is 0 Å². The van der Waals surface area contributed by atoms with Crippen LogP contribution in [0.1, 0.15) is 32.1 Å². The van der Waals surface area contributed by atoms with Crippen LogP contribution in [0.3, 0.4) is 0 Å². The summed E-state index contributed by atoms with van der Waals surface area (Å²) in [4.78, 5) is 0. The van der Waals surface area contributed by atoms with E-state index in [9.17, 15) is 5.11 Å². The first-order valence-electron chi connectivity index (χ1n) is 6.01. The molecule has 1 heterocycles. The van der Waals surface area contributed by atoms with Crippen LogP contribution >= 0.6 is 0 Å². The second-order valence-corrected chi connectivity index (χ2v) is 5.43. The molecule has 0 saturated heterocycles. The normalized spacial score (nSPS) is 14.1. The molecule has 18 heavy (non-hydrogen) atoms. The van der Waals surface area contributed by atoms with Gasteiger partial charge in [0.15, 0.2) is 5.76 Å². The molecule has 1 aromatic rings. The fraction of sp³-hybridized carbons (Fsp3) is 0.500. The molecule has 2 N–H and O–H groups in total. The average Bonchev–Trinajstić information content (AvgIpc) is 2.67. The van der Waals surface area contributed by atoms with Gasteiger partial charge in [-0.1, -0.05) is 17.8 Å². The summed E-state index contributed by atoms with van der Waals surface area (Å²) in [7, 11) is 0. The molecule has 0 amide bonds. The van der Waals surface area contributed by atoms with E-state index in [-0.39, 0.29) is 5.54 Å². The Morgan fingerprint density at radius 2 is 2.28 bits per heavy atom. The molecule has 1 rings (SSSR count). The molecule has 1 atom stereocenters. The van der Waals surface area contributed by atoms with Crippen molar-refractivity contribution < 1.29 is 9.63 Å². The Morgan fingerprint density at radius 1 is 1.61 bits per heavy atom. The summed E-state index contributed by atoms with van der Waals surface area (Å²) in [6, 6.07) is 0. The van der Waals surface area contributed by atoms with Gasteiger partial charge in [-0.2, -0.15) is 0 Å². The van der Waals surface area contributed by atoms with Gasteiger partial charge in [0.1, 0.15) is 0 Å². The van der Waals surface area contributed by atoms with E-state index < -0.39 is 6.10 Å². The number of hydrogen-bond donors (Lipinski definition) is 2. The average molecular weight is 250 g/mol. The van der Waals surface area contributed by atoms with Gasteiger partial charge in [0.2, 0.25) is 0 Å². The van der Waals surface area contributed by atoms with Crippen LogP contribution in [0.15, 0.2) is 28.9 Å². The van der Waals surface area contributed by atoms with Crippen molar-refractivity contribution in [1.82, 2.24) is 10.5 Å². The molecule has 0 fully saturated rings. The third-order valence-electron chi connectivity index (χ3n) is 2.49. The highest BCUT2D eigenvalue weighted by atomic mass is 16.5. The van der Waals surface area contributed by atoms with Crippen molar-refractivity contribution in [2.75, 3.05) is 6.54 Å². The molecule has 0 aromatic carbocycles. The smallest absolute Gasteiger partial charge is 0.162 e. The number of aliphatic hydroxyl groups is 1. The summed E-state index contributed by atoms with van der Waals surface area (Å²) in [6.45, 7) is 12.4. The minimum absolute atomic E-state index is 0.0213. The van der Waals surface area contributed by atoms with Gasteiger partial charge in [0.05, 0.1) is 12.3 Å². The molecule has 4 heteroatoms. The molecule has 0 aliphatic heterocycles. The fourth-order valence-corrected chi connectivity index (χ4v) is 1.29. The van der Waals surface area contributed by atoms with Crippen LogP contribution in [-0.2, 0) is 0 Å². The Labute approximate surface area is 108 Å². The van der Waals surface area contributed by atoms with E-state index in [1.54, 1.807) is 18.3 Å². The highest BCUT2D eigenvalue weighted by molar-refractivity contribution is 5.50. The van der Waals surface area contributed by atoms with E-state index in [2.05, 4.69) is 37.8 Å². The predicted octanol–water partition coefficient (Wildman–Crippen LogP) is 2.30. The van der Waals surface area contributed by atoms with Crippen LogP contribution < -0.4 is 5.32 Å². The number of β-amino-alcohol motifs (C(OH)–C–C–N with tert-alkyl or cyclic N) is 1. The van der Waals surface area contributed by atoms with E-state index in [1.165, 1.54) is 0 Å². The van der Waals surface area contributed by atoms with Crippen LogP contribution in [0.5, 0.6) is 0 Å². The first-order chi connectivity index (χ1) is 8.29. The van der Waals surface area contributed by atoms with Crippen LogP contribution in [0.2, 0.25) is 0 Å². The predicted molar refractivity (Wildman–Crippen MR) is 73.2 cm³/mol. The van der Waals surface area contributed by atoms with Gasteiger partial charge in [0.25, 0.3) is 0 Å². The molecular weight excluding hydrogens is 228 g/mol. The first kappa shape index (κ1) is 14.7. The van der Waals surface area contributed by atoms with Crippen molar-refractivity contribution in [2.24, 2.45) is 0 Å². The lowest BCUT2D eigenvalue weighted by atomic mass is 10.1. The summed E-state index contributed by atoms with van der Waals surface area (Å²) in [5.41, 5.74) is 1.58. The maximum Gasteiger partial charge on any atom is 0.162 e. The number of rotatable bonds is 5. The first-order valence-corrected chi connectivity index (χ1v) is 6.01. The van der Waals surface area contributed by atoms with Crippen molar-refractivity contribution in [1.29, 1.82) is 0 Å². The molecule has 0 saturated carbocycles. The lowest BCUT2D eigenvalue weighted by Gasteiger charge is -2.23. The van der Waals surface area contributed by atoms with E-state index in [0.29, 0.717) is 17.9 Å². The highest BCUT2D eigenvalue weighted by Crippen LogP contribution is 2.11. The zero-order valence-electron chi connectivity index (χ0n) is 11.5. The summed E-state index contributed by atoms with van der Waals surface area (Å²) >= 11 is 0. The van der Waals surface area contributed by atoms with Gasteiger partial charge in [-0.3, -0.25) is 0 Å². The Bertz CT molecular complexity index is 427. The molecular formula is C14H22N2O2. The Balaban J connectivity index is 2.50. The Hall–Kier alpha value is -1.39. The molecule has 0 aliphatic carbocycles. The minimum atomic E-state index is -0.608. The zero-order valence-corrected chi connectivity index (χ0v) is 11.5. The van der Waals surface area contributed by atoms with Gasteiger partial charge in [-0.05, 0) is 39.3 Å². The number of hydrogen-bond acceptors (Lipinski definition) is 4. The zero-order chi connectivity index (χ0) is 13.8. The number of aliphatic hydroxyl groups excluding tert-OH is 1. The maximum atomic E-state index is 9.92. The SMILES string of the molecule is C=C(/C=C\c1oncc1C)[C@@H](O)CNC(C)(C)C. The Kier molecular flexibility index (Phi) is 4.87. The third-order valence-corrected chi connectivity index (χ3v) is 2.49. The number of nitrogens with zero attached hydrogens (tertiary/aromatic N) is 1. The lowest BCUT2D eigenvalue weighted by Crippen LogP contribution is -2.41. The molecule has 0 spiro atoms. The van der Waals surface area contributed by atoms with Crippen molar-refractivity contribution in [3.05, 3.63) is 35.7 Å². The molecule has 100 valence electrons. The summed E-state index contributed by atoms with van der Waals surface area (Å²) in [5, 5.41) is 16.8. The third kappa shape index (κ3) is 4.85. The monoisotopic (exact) mass is 250 g/mol. The van der Waals surface area contributed by atoms with Crippen molar-refractivity contribution in [3.63, 3.8) is 0 Å². The second kappa shape index (κ2) is 5.98. The van der Waals surface area contributed by atoms with Crippen molar-refractivity contribution in [2.45, 2.75) is 39.3 Å². The van der Waals surface area contributed by atoms with Crippen molar-refractivity contribution >= 4 is 6.08 Å². The quantitative estimate of drug-likeness (QED) is 0.787. The van der Waals surface area contributed by atoms with Gasteiger partial charge in [-0.25, -0.2) is 0 Å². The van der Waals surface area contributed by atoms with Crippen LogP contribution in [-0.4, -0.2) is 28.5 Å². The number of aryl methyl sites for hydroxylation is 1. The van der Waals surface area contributed by atoms with E-state index >= 15 is 0 Å². The molecule has 0 bridgehead atoms. The van der Waals surface area contributed by atoms with E-state index in [4.69, 9.17) is 4.52 Å². The summed E-state index contributed by atoms with van der Waals surface area (Å²) < 4.78 is 5.03. The number of aromatic nitrogens is 1. The van der Waals surface area contributed by atoms with Gasteiger partial charge in [-0.15, -0.1) is 0 Å². The van der Waals surface area contributed by atoms with Crippen LogP contribution in [0, 0.1) is 6.92 Å². The topological polar surface area (TPSA) is 58.3 Å². The molecule has 0 unspecified atom stereocenters. The molecule has 0 aliphatic rings. The van der Waals surface area contributed by atoms with Gasteiger partial charge in [0, 0.05) is 17.6 Å². The fourth-order valence-electron chi connectivity index (χ4n) is 1.29.